The molecule has 0 heterocycles. The monoisotopic (exact) mass is 221 g/mol. The Kier molecular flexibility index (Phi) is 3.80. The summed E-state index contributed by atoms with van der Waals surface area (Å²) in [4.78, 5) is 0. The summed E-state index contributed by atoms with van der Waals surface area (Å²) >= 11 is 0. The lowest BCUT2D eigenvalue weighted by molar-refractivity contribution is 0.209. The molecule has 3 heteroatoms. The fourth-order valence-corrected chi connectivity index (χ4v) is 2.12. The molecule has 0 aliphatic heterocycles. The van der Waals surface area contributed by atoms with Crippen LogP contribution in [0, 0.1) is 0 Å². The number of hydrogen-bond donors (Lipinski definition) is 2. The number of nitrogens with two attached hydrogens (primary N) is 1. The largest absolute Gasteiger partial charge is 0.490 e. The van der Waals surface area contributed by atoms with E-state index in [2.05, 4.69) is 0 Å². The lowest BCUT2D eigenvalue weighted by Crippen LogP contribution is -2.15. The quantitative estimate of drug-likeness (QED) is 0.817. The second kappa shape index (κ2) is 5.32. The molecule has 0 radical (unpaired) electrons. The van der Waals surface area contributed by atoms with Gasteiger partial charge < -0.3 is 15.6 Å². The first kappa shape index (κ1) is 11.4. The zero-order valence-electron chi connectivity index (χ0n) is 9.43. The summed E-state index contributed by atoms with van der Waals surface area (Å²) in [6.07, 6.45) is 5.19. The molecule has 1 atom stereocenters. The van der Waals surface area contributed by atoms with Crippen LogP contribution in [0.25, 0.3) is 0 Å². The van der Waals surface area contributed by atoms with Gasteiger partial charge in [-0.2, -0.15) is 0 Å². The highest BCUT2D eigenvalue weighted by Gasteiger charge is 2.16. The highest BCUT2D eigenvalue weighted by molar-refractivity contribution is 5.30. The van der Waals surface area contributed by atoms with E-state index in [0.29, 0.717) is 6.10 Å². The molecular formula is C13H19NO2. The lowest BCUT2D eigenvalue weighted by atomic mass is 10.1. The normalized spacial score (nSPS) is 18.6. The molecule has 0 aromatic heterocycles. The van der Waals surface area contributed by atoms with Crippen LogP contribution >= 0.6 is 0 Å². The van der Waals surface area contributed by atoms with Gasteiger partial charge in [0.25, 0.3) is 0 Å². The van der Waals surface area contributed by atoms with E-state index < -0.39 is 0 Å². The third kappa shape index (κ3) is 2.74. The summed E-state index contributed by atoms with van der Waals surface area (Å²) in [5, 5.41) is 9.00. The van der Waals surface area contributed by atoms with Gasteiger partial charge in [0.2, 0.25) is 0 Å². The highest BCUT2D eigenvalue weighted by Crippen LogP contribution is 2.25. The summed E-state index contributed by atoms with van der Waals surface area (Å²) < 4.78 is 5.87. The van der Waals surface area contributed by atoms with Crippen molar-refractivity contribution >= 4 is 0 Å². The van der Waals surface area contributed by atoms with Crippen molar-refractivity contribution in [3.63, 3.8) is 0 Å². The summed E-state index contributed by atoms with van der Waals surface area (Å²) in [6, 6.07) is 7.41. The van der Waals surface area contributed by atoms with Crippen LogP contribution < -0.4 is 10.5 Å². The summed E-state index contributed by atoms with van der Waals surface area (Å²) in [6.45, 7) is -0.0348. The fourth-order valence-electron chi connectivity index (χ4n) is 2.12. The van der Waals surface area contributed by atoms with E-state index >= 15 is 0 Å². The van der Waals surface area contributed by atoms with Crippen LogP contribution in [-0.2, 0) is 0 Å². The van der Waals surface area contributed by atoms with Gasteiger partial charge in [0.1, 0.15) is 5.75 Å². The molecule has 1 fully saturated rings. The van der Waals surface area contributed by atoms with Crippen molar-refractivity contribution in [3.8, 4) is 5.75 Å². The Morgan fingerprint density at radius 3 is 2.81 bits per heavy atom. The van der Waals surface area contributed by atoms with Crippen LogP contribution in [0.2, 0.25) is 0 Å². The minimum atomic E-state index is -0.313. The second-order valence-corrected chi connectivity index (χ2v) is 4.39. The maximum absolute atomic E-state index is 9.00. The van der Waals surface area contributed by atoms with Gasteiger partial charge in [-0.1, -0.05) is 12.1 Å². The maximum atomic E-state index is 9.00. The first-order chi connectivity index (χ1) is 7.79. The van der Waals surface area contributed by atoms with Crippen LogP contribution in [0.1, 0.15) is 37.3 Å². The van der Waals surface area contributed by atoms with Crippen LogP contribution in [-0.4, -0.2) is 17.8 Å². The number of aliphatic hydroxyl groups is 1. The molecule has 1 aromatic rings. The molecule has 2 rings (SSSR count). The van der Waals surface area contributed by atoms with Gasteiger partial charge >= 0.3 is 0 Å². The van der Waals surface area contributed by atoms with Gasteiger partial charge in [0, 0.05) is 0 Å². The van der Waals surface area contributed by atoms with E-state index in [1.165, 1.54) is 12.8 Å². The molecule has 3 N–H and O–H groups in total. The van der Waals surface area contributed by atoms with Crippen molar-refractivity contribution in [2.75, 3.05) is 6.61 Å². The molecule has 1 aliphatic rings. The van der Waals surface area contributed by atoms with E-state index in [1.54, 1.807) is 0 Å². The first-order valence-electron chi connectivity index (χ1n) is 5.92. The van der Waals surface area contributed by atoms with E-state index in [9.17, 15) is 0 Å². The molecule has 0 bridgehead atoms. The Labute approximate surface area is 96.2 Å². The Morgan fingerprint density at radius 1 is 1.38 bits per heavy atom. The molecule has 0 amide bonds. The van der Waals surface area contributed by atoms with Crippen molar-refractivity contribution in [1.82, 2.24) is 0 Å². The van der Waals surface area contributed by atoms with Gasteiger partial charge in [-0.15, -0.1) is 0 Å². The molecule has 16 heavy (non-hydrogen) atoms. The standard InChI is InChI=1S/C13H19NO2/c14-13(9-15)10-4-3-7-12(8-10)16-11-5-1-2-6-11/h3-4,7-8,11,13,15H,1-2,5-6,9,14H2. The molecule has 88 valence electrons. The Bertz CT molecular complexity index is 334. The molecule has 3 nitrogen and oxygen atoms in total. The maximum Gasteiger partial charge on any atom is 0.120 e. The molecule has 0 spiro atoms. The van der Waals surface area contributed by atoms with Gasteiger partial charge in [-0.3, -0.25) is 0 Å². The third-order valence-corrected chi connectivity index (χ3v) is 3.09. The van der Waals surface area contributed by atoms with Crippen LogP contribution in [0.15, 0.2) is 24.3 Å². The third-order valence-electron chi connectivity index (χ3n) is 3.09. The van der Waals surface area contributed by atoms with Gasteiger partial charge in [0.15, 0.2) is 0 Å². The summed E-state index contributed by atoms with van der Waals surface area (Å²) in [5.74, 6) is 0.869. The van der Waals surface area contributed by atoms with E-state index in [-0.39, 0.29) is 12.6 Å². The van der Waals surface area contributed by atoms with E-state index in [4.69, 9.17) is 15.6 Å². The number of rotatable bonds is 4. The molecular weight excluding hydrogens is 202 g/mol. The molecule has 0 saturated heterocycles. The van der Waals surface area contributed by atoms with Gasteiger partial charge in [0.05, 0.1) is 18.8 Å². The highest BCUT2D eigenvalue weighted by atomic mass is 16.5. The minimum absolute atomic E-state index is 0.0348. The van der Waals surface area contributed by atoms with Crippen LogP contribution in [0.3, 0.4) is 0 Å². The van der Waals surface area contributed by atoms with Crippen molar-refractivity contribution < 1.29 is 9.84 Å². The number of hydrogen-bond acceptors (Lipinski definition) is 3. The average Bonchev–Trinajstić information content (AvgIpc) is 2.81. The number of aliphatic hydroxyl groups excluding tert-OH is 1. The van der Waals surface area contributed by atoms with Crippen molar-refractivity contribution in [3.05, 3.63) is 29.8 Å². The van der Waals surface area contributed by atoms with Crippen molar-refractivity contribution in [1.29, 1.82) is 0 Å². The molecule has 1 aliphatic carbocycles. The predicted octanol–water partition coefficient (Wildman–Crippen LogP) is 2.00. The predicted molar refractivity (Wildman–Crippen MR) is 63.3 cm³/mol. The van der Waals surface area contributed by atoms with E-state index in [0.717, 1.165) is 24.2 Å². The molecule has 1 unspecified atom stereocenters. The van der Waals surface area contributed by atoms with Crippen molar-refractivity contribution in [2.24, 2.45) is 5.73 Å². The smallest absolute Gasteiger partial charge is 0.120 e. The Balaban J connectivity index is 2.03. The van der Waals surface area contributed by atoms with E-state index in [1.807, 2.05) is 24.3 Å². The van der Waals surface area contributed by atoms with Gasteiger partial charge in [-0.25, -0.2) is 0 Å². The Morgan fingerprint density at radius 2 is 2.12 bits per heavy atom. The summed E-state index contributed by atoms with van der Waals surface area (Å²) in [5.41, 5.74) is 6.69. The number of benzene rings is 1. The Hall–Kier alpha value is -1.06. The fraction of sp³-hybridized carbons (Fsp3) is 0.538. The topological polar surface area (TPSA) is 55.5 Å². The zero-order valence-corrected chi connectivity index (χ0v) is 9.43. The second-order valence-electron chi connectivity index (χ2n) is 4.39. The van der Waals surface area contributed by atoms with Gasteiger partial charge in [-0.05, 0) is 43.4 Å². The average molecular weight is 221 g/mol. The van der Waals surface area contributed by atoms with Crippen LogP contribution in [0.5, 0.6) is 5.75 Å². The van der Waals surface area contributed by atoms with Crippen LogP contribution in [0.4, 0.5) is 0 Å². The first-order valence-corrected chi connectivity index (χ1v) is 5.92. The molecule has 1 saturated carbocycles. The minimum Gasteiger partial charge on any atom is -0.490 e. The SMILES string of the molecule is NC(CO)c1cccc(OC2CCCC2)c1. The zero-order chi connectivity index (χ0) is 11.4. The number of ether oxygens (including phenoxy) is 1. The van der Waals surface area contributed by atoms with Crippen molar-refractivity contribution in [2.45, 2.75) is 37.8 Å². The lowest BCUT2D eigenvalue weighted by Gasteiger charge is -2.15. The molecule has 1 aromatic carbocycles. The summed E-state index contributed by atoms with van der Waals surface area (Å²) in [7, 11) is 0.